The largest absolute Gasteiger partial charge is 0.490 e. The molecule has 2 aromatic rings. The normalized spacial score (nSPS) is 15.4. The number of carboxylic acid groups (broad SMARTS) is 2. The Labute approximate surface area is 257 Å². The van der Waals surface area contributed by atoms with Crippen molar-refractivity contribution in [1.29, 1.82) is 0 Å². The second-order valence-corrected chi connectivity index (χ2v) is 12.1. The van der Waals surface area contributed by atoms with Crippen LogP contribution in [-0.2, 0) is 48.2 Å². The third-order valence-corrected chi connectivity index (χ3v) is 5.94. The summed E-state index contributed by atoms with van der Waals surface area (Å²) in [5.41, 5.74) is 0.367. The number of benzene rings is 1. The Bertz CT molecular complexity index is 1390. The van der Waals surface area contributed by atoms with Crippen LogP contribution in [0.5, 0.6) is 0 Å². The number of ether oxygens (including phenoxy) is 2. The quantitative estimate of drug-likeness (QED) is 0.354. The van der Waals surface area contributed by atoms with Crippen LogP contribution >= 0.6 is 0 Å². The number of amides is 1. The molecule has 0 radical (unpaired) electrons. The number of halogens is 3. The lowest BCUT2D eigenvalue weighted by Crippen LogP contribution is -2.55. The average Bonchev–Trinajstić information content (AvgIpc) is 3.37. The van der Waals surface area contributed by atoms with E-state index in [-0.39, 0.29) is 18.1 Å². The Morgan fingerprint density at radius 1 is 0.933 bits per heavy atom. The molecule has 1 aliphatic rings. The molecule has 0 spiro atoms. The van der Waals surface area contributed by atoms with E-state index < -0.39 is 65.7 Å². The van der Waals surface area contributed by atoms with Crippen LogP contribution in [0.3, 0.4) is 0 Å². The van der Waals surface area contributed by atoms with Crippen molar-refractivity contribution >= 4 is 29.8 Å². The van der Waals surface area contributed by atoms with Gasteiger partial charge in [-0.15, -0.1) is 0 Å². The van der Waals surface area contributed by atoms with E-state index >= 15 is 0 Å². The molecule has 15 heteroatoms. The zero-order valence-corrected chi connectivity index (χ0v) is 25.7. The fourth-order valence-corrected chi connectivity index (χ4v) is 4.15. The number of carboxylic acids is 2. The van der Waals surface area contributed by atoms with E-state index in [0.29, 0.717) is 13.0 Å². The molecule has 0 saturated carbocycles. The lowest BCUT2D eigenvalue weighted by molar-refractivity contribution is -0.192. The first-order valence-electron chi connectivity index (χ1n) is 13.7. The van der Waals surface area contributed by atoms with Crippen LogP contribution in [0.25, 0.3) is 0 Å². The number of aliphatic carboxylic acids is 1. The molecule has 45 heavy (non-hydrogen) atoms. The molecule has 0 bridgehead atoms. The van der Waals surface area contributed by atoms with E-state index in [1.807, 2.05) is 24.3 Å². The van der Waals surface area contributed by atoms with Gasteiger partial charge in [-0.2, -0.15) is 13.2 Å². The number of furan rings is 1. The molecule has 0 aliphatic carbocycles. The van der Waals surface area contributed by atoms with E-state index in [9.17, 15) is 37.5 Å². The number of hydrogen-bond acceptors (Lipinski definition) is 9. The van der Waals surface area contributed by atoms with Gasteiger partial charge >= 0.3 is 30.1 Å². The van der Waals surface area contributed by atoms with Crippen LogP contribution in [-0.4, -0.2) is 74.4 Å². The highest BCUT2D eigenvalue weighted by Crippen LogP contribution is 2.24. The van der Waals surface area contributed by atoms with Gasteiger partial charge in [0, 0.05) is 6.54 Å². The summed E-state index contributed by atoms with van der Waals surface area (Å²) in [6.07, 6.45) is -5.16. The molecule has 1 aromatic heterocycles. The van der Waals surface area contributed by atoms with Gasteiger partial charge in [-0.25, -0.2) is 14.4 Å². The minimum absolute atomic E-state index is 0.143. The Hall–Kier alpha value is -4.40. The van der Waals surface area contributed by atoms with Crippen LogP contribution in [0, 0.1) is 0 Å². The van der Waals surface area contributed by atoms with Crippen molar-refractivity contribution in [3.63, 3.8) is 0 Å². The number of fused-ring (bicyclic) bond motifs is 1. The van der Waals surface area contributed by atoms with Gasteiger partial charge in [-0.1, -0.05) is 24.3 Å². The van der Waals surface area contributed by atoms with Gasteiger partial charge in [-0.3, -0.25) is 9.59 Å². The van der Waals surface area contributed by atoms with Crippen LogP contribution in [0.1, 0.15) is 75.4 Å². The molecule has 1 unspecified atom stereocenters. The molecule has 3 rings (SSSR count). The Morgan fingerprint density at radius 2 is 1.49 bits per heavy atom. The highest BCUT2D eigenvalue weighted by Gasteiger charge is 2.40. The summed E-state index contributed by atoms with van der Waals surface area (Å²) in [4.78, 5) is 61.7. The van der Waals surface area contributed by atoms with Crippen molar-refractivity contribution < 1.29 is 61.2 Å². The standard InChI is InChI=1S/C28H36N2O8.C2HF3O2/c1-27(2,3)37-23(31)14-21(26(35)38-28(4,5)6)30(16-19-11-12-22(36-19)25(33)34)24(32)20-13-17-9-7-8-10-18(17)15-29-20;3-2(4,5)1(6)7/h7-12,20-21,29H,13-16H2,1-6H3,(H,33,34);(H,6,7)/t20?,21-;/m0./s1. The van der Waals surface area contributed by atoms with E-state index in [0.717, 1.165) is 11.1 Å². The average molecular weight is 643 g/mol. The second kappa shape index (κ2) is 14.6. The molecule has 1 amide bonds. The summed E-state index contributed by atoms with van der Waals surface area (Å²) in [6, 6.07) is 8.40. The lowest BCUT2D eigenvalue weighted by atomic mass is 9.94. The molecule has 1 aromatic carbocycles. The number of nitrogens with zero attached hydrogens (tertiary/aromatic N) is 1. The molecule has 2 atom stereocenters. The monoisotopic (exact) mass is 642 g/mol. The van der Waals surface area contributed by atoms with Crippen molar-refractivity contribution in [2.24, 2.45) is 0 Å². The molecule has 0 fully saturated rings. The first-order chi connectivity index (χ1) is 20.6. The van der Waals surface area contributed by atoms with Gasteiger partial charge in [0.25, 0.3) is 0 Å². The summed E-state index contributed by atoms with van der Waals surface area (Å²) in [6.45, 7) is 10.4. The molecule has 12 nitrogen and oxygen atoms in total. The SMILES string of the molecule is CC(C)(C)OC(=O)C[C@@H](C(=O)OC(C)(C)C)N(Cc1ccc(C(=O)O)o1)C(=O)C1Cc2ccccc2CN1.O=C(O)C(F)(F)F. The number of rotatable bonds is 8. The minimum Gasteiger partial charge on any atom is -0.475 e. The highest BCUT2D eigenvalue weighted by atomic mass is 19.4. The maximum atomic E-state index is 14.0. The Morgan fingerprint density at radius 3 is 1.98 bits per heavy atom. The second-order valence-electron chi connectivity index (χ2n) is 12.1. The van der Waals surface area contributed by atoms with Gasteiger partial charge in [0.05, 0.1) is 19.0 Å². The van der Waals surface area contributed by atoms with E-state index in [1.165, 1.54) is 17.0 Å². The van der Waals surface area contributed by atoms with Gasteiger partial charge in [0.1, 0.15) is 23.0 Å². The summed E-state index contributed by atoms with van der Waals surface area (Å²) in [5, 5.41) is 19.6. The van der Waals surface area contributed by atoms with Gasteiger partial charge in [-0.05, 0) is 71.2 Å². The smallest absolute Gasteiger partial charge is 0.475 e. The van der Waals surface area contributed by atoms with Crippen molar-refractivity contribution in [2.75, 3.05) is 0 Å². The van der Waals surface area contributed by atoms with Crippen molar-refractivity contribution in [3.05, 3.63) is 59.0 Å². The van der Waals surface area contributed by atoms with Crippen molar-refractivity contribution in [1.82, 2.24) is 10.2 Å². The van der Waals surface area contributed by atoms with Gasteiger partial charge in [0.2, 0.25) is 11.7 Å². The molecule has 248 valence electrons. The van der Waals surface area contributed by atoms with Crippen LogP contribution in [0.2, 0.25) is 0 Å². The number of carbonyl (C=O) groups is 5. The predicted octanol–water partition coefficient (Wildman–Crippen LogP) is 4.10. The summed E-state index contributed by atoms with van der Waals surface area (Å²) in [5.74, 6) is -6.10. The van der Waals surface area contributed by atoms with E-state index in [1.54, 1.807) is 41.5 Å². The summed E-state index contributed by atoms with van der Waals surface area (Å²) in [7, 11) is 0. The third kappa shape index (κ3) is 11.9. The molecule has 0 saturated heterocycles. The van der Waals surface area contributed by atoms with Crippen LogP contribution in [0.15, 0.2) is 40.8 Å². The van der Waals surface area contributed by atoms with Crippen molar-refractivity contribution in [2.45, 2.75) is 96.9 Å². The maximum Gasteiger partial charge on any atom is 0.490 e. The zero-order valence-electron chi connectivity index (χ0n) is 25.7. The highest BCUT2D eigenvalue weighted by molar-refractivity contribution is 5.91. The van der Waals surface area contributed by atoms with Gasteiger partial charge in [0.15, 0.2) is 0 Å². The zero-order chi connectivity index (χ0) is 34.3. The molecular weight excluding hydrogens is 605 g/mol. The molecular formula is C30H37F3N2O10. The number of esters is 2. The Balaban J connectivity index is 0.000000900. The number of hydrogen-bond donors (Lipinski definition) is 3. The summed E-state index contributed by atoms with van der Waals surface area (Å²) >= 11 is 0. The third-order valence-electron chi connectivity index (χ3n) is 5.94. The minimum atomic E-state index is -5.08. The predicted molar refractivity (Wildman–Crippen MR) is 151 cm³/mol. The van der Waals surface area contributed by atoms with Gasteiger partial charge < -0.3 is 34.3 Å². The number of carbonyl (C=O) groups excluding carboxylic acids is 3. The lowest BCUT2D eigenvalue weighted by Gasteiger charge is -2.36. The Kier molecular flexibility index (Phi) is 11.9. The van der Waals surface area contributed by atoms with E-state index in [2.05, 4.69) is 5.32 Å². The number of nitrogens with one attached hydrogen (secondary N) is 1. The molecule has 3 N–H and O–H groups in total. The fourth-order valence-electron chi connectivity index (χ4n) is 4.15. The number of alkyl halides is 3. The van der Waals surface area contributed by atoms with E-state index in [4.69, 9.17) is 23.8 Å². The van der Waals surface area contributed by atoms with Crippen molar-refractivity contribution in [3.8, 4) is 0 Å². The topological polar surface area (TPSA) is 173 Å². The first kappa shape index (κ1) is 36.8. The summed E-state index contributed by atoms with van der Waals surface area (Å²) < 4.78 is 48.2. The maximum absolute atomic E-state index is 14.0. The first-order valence-corrected chi connectivity index (χ1v) is 13.7. The fraction of sp³-hybridized carbons (Fsp3) is 0.500. The number of aromatic carboxylic acids is 1. The van der Waals surface area contributed by atoms with Crippen LogP contribution in [0.4, 0.5) is 13.2 Å². The molecule has 1 aliphatic heterocycles. The molecule has 2 heterocycles. The van der Waals surface area contributed by atoms with Crippen LogP contribution < -0.4 is 5.32 Å².